The Morgan fingerprint density at radius 3 is 2.41 bits per heavy atom. The van der Waals surface area contributed by atoms with Gasteiger partial charge in [-0.3, -0.25) is 19.3 Å². The van der Waals surface area contributed by atoms with E-state index in [0.29, 0.717) is 22.4 Å². The van der Waals surface area contributed by atoms with Crippen LogP contribution in [0, 0.1) is 6.92 Å². The highest BCUT2D eigenvalue weighted by atomic mass is 35.5. The summed E-state index contributed by atoms with van der Waals surface area (Å²) in [6.07, 6.45) is -2.36. The lowest BCUT2D eigenvalue weighted by atomic mass is 9.91. The highest BCUT2D eigenvalue weighted by Crippen LogP contribution is 2.48. The second kappa shape index (κ2) is 9.43. The number of carbonyl (C=O) groups excluding carboxylic acids is 1. The van der Waals surface area contributed by atoms with Gasteiger partial charge in [0.15, 0.2) is 0 Å². The molecule has 1 aliphatic rings. The minimum absolute atomic E-state index is 0.0414. The number of benzene rings is 2. The Labute approximate surface area is 195 Å². The zero-order valence-corrected chi connectivity index (χ0v) is 19.3. The van der Waals surface area contributed by atoms with E-state index >= 15 is 0 Å². The average molecular weight is 507 g/mol. The quantitative estimate of drug-likeness (QED) is 0.593. The predicted octanol–water partition coefficient (Wildman–Crippen LogP) is 4.74. The molecule has 1 aliphatic heterocycles. The average Bonchev–Trinajstić information content (AvgIpc) is 3.13. The second-order valence-electron chi connectivity index (χ2n) is 7.22. The standard InChI is InChI=1S/C21H19Cl2F3N2O3S/c1-12-7-13(3-4-17(12)19(29)27-5-6-32(2)30)18-11-20(31-28-18,21(24,25)26)14-8-15(22)10-16(23)9-14/h3-4,7-11,28H,5-6H2,1-2H3,(H,27,29). The summed E-state index contributed by atoms with van der Waals surface area (Å²) >= 11 is 11.8. The Kier molecular flexibility index (Phi) is 7.24. The fourth-order valence-corrected chi connectivity index (χ4v) is 4.16. The van der Waals surface area contributed by atoms with Gasteiger partial charge in [-0.2, -0.15) is 13.2 Å². The molecule has 172 valence electrons. The van der Waals surface area contributed by atoms with Gasteiger partial charge >= 0.3 is 6.18 Å². The van der Waals surface area contributed by atoms with Crippen molar-refractivity contribution in [2.75, 3.05) is 18.6 Å². The lowest BCUT2D eigenvalue weighted by Gasteiger charge is -2.28. The minimum Gasteiger partial charge on any atom is -0.351 e. The summed E-state index contributed by atoms with van der Waals surface area (Å²) in [5.41, 5.74) is 0.670. The summed E-state index contributed by atoms with van der Waals surface area (Å²) in [5, 5.41) is 2.75. The fourth-order valence-electron chi connectivity index (χ4n) is 3.24. The molecular formula is C21H19Cl2F3N2O3S. The second-order valence-corrected chi connectivity index (χ2v) is 9.64. The number of rotatable bonds is 6. The van der Waals surface area contributed by atoms with Crippen LogP contribution in [0.1, 0.15) is 27.0 Å². The molecule has 2 aromatic rings. The van der Waals surface area contributed by atoms with Crippen LogP contribution in [-0.2, 0) is 21.2 Å². The van der Waals surface area contributed by atoms with Crippen molar-refractivity contribution < 1.29 is 27.0 Å². The summed E-state index contributed by atoms with van der Waals surface area (Å²) in [5.74, 6) is -0.0355. The number of hydroxylamine groups is 1. The van der Waals surface area contributed by atoms with Crippen LogP contribution in [0.3, 0.4) is 0 Å². The van der Waals surface area contributed by atoms with Gasteiger partial charge in [0, 0.05) is 50.5 Å². The van der Waals surface area contributed by atoms with Crippen LogP contribution in [0.25, 0.3) is 5.70 Å². The first-order valence-corrected chi connectivity index (χ1v) is 11.8. The zero-order chi connectivity index (χ0) is 23.7. The molecule has 3 rings (SSSR count). The maximum absolute atomic E-state index is 14.1. The fraction of sp³-hybridized carbons (Fsp3) is 0.286. The van der Waals surface area contributed by atoms with E-state index in [0.717, 1.165) is 18.2 Å². The molecule has 0 saturated carbocycles. The smallest absolute Gasteiger partial charge is 0.351 e. The maximum atomic E-state index is 14.1. The highest BCUT2D eigenvalue weighted by molar-refractivity contribution is 7.84. The third-order valence-electron chi connectivity index (χ3n) is 4.84. The van der Waals surface area contributed by atoms with E-state index in [2.05, 4.69) is 10.8 Å². The summed E-state index contributed by atoms with van der Waals surface area (Å²) < 4.78 is 53.4. The van der Waals surface area contributed by atoms with Gasteiger partial charge in [0.2, 0.25) is 5.60 Å². The predicted molar refractivity (Wildman–Crippen MR) is 119 cm³/mol. The number of halogens is 5. The largest absolute Gasteiger partial charge is 0.428 e. The third-order valence-corrected chi connectivity index (χ3v) is 6.05. The molecule has 0 aromatic heterocycles. The number of hydrogen-bond acceptors (Lipinski definition) is 4. The van der Waals surface area contributed by atoms with Crippen LogP contribution in [0.4, 0.5) is 13.2 Å². The van der Waals surface area contributed by atoms with Crippen molar-refractivity contribution in [1.29, 1.82) is 0 Å². The molecule has 0 radical (unpaired) electrons. The number of carbonyl (C=O) groups is 1. The molecule has 5 nitrogen and oxygen atoms in total. The van der Waals surface area contributed by atoms with Crippen LogP contribution in [-0.4, -0.2) is 34.8 Å². The monoisotopic (exact) mass is 506 g/mol. The molecule has 1 amide bonds. The van der Waals surface area contributed by atoms with Crippen LogP contribution < -0.4 is 10.8 Å². The van der Waals surface area contributed by atoms with Crippen molar-refractivity contribution in [3.05, 3.63) is 74.8 Å². The summed E-state index contributed by atoms with van der Waals surface area (Å²) in [6, 6.07) is 8.21. The number of alkyl halides is 3. The SMILES string of the molecule is Cc1cc(C2=CC(c3cc(Cl)cc(Cl)c3)(C(F)(F)F)ON2)ccc1C(=O)NCCS(C)=O. The van der Waals surface area contributed by atoms with Crippen molar-refractivity contribution in [2.24, 2.45) is 0 Å². The Bertz CT molecular complexity index is 1090. The molecular weight excluding hydrogens is 488 g/mol. The van der Waals surface area contributed by atoms with Crippen molar-refractivity contribution in [3.8, 4) is 0 Å². The molecule has 11 heteroatoms. The molecule has 2 N–H and O–H groups in total. The number of aryl methyl sites for hydroxylation is 1. The lowest BCUT2D eigenvalue weighted by molar-refractivity contribution is -0.269. The van der Waals surface area contributed by atoms with E-state index in [1.807, 2.05) is 0 Å². The van der Waals surface area contributed by atoms with Gasteiger partial charge in [0.25, 0.3) is 5.91 Å². The Balaban J connectivity index is 1.93. The van der Waals surface area contributed by atoms with Gasteiger partial charge in [-0.05, 0) is 54.5 Å². The first kappa shape index (κ1) is 24.6. The van der Waals surface area contributed by atoms with Crippen LogP contribution in [0.2, 0.25) is 10.0 Å². The van der Waals surface area contributed by atoms with Gasteiger partial charge in [0.1, 0.15) is 0 Å². The Morgan fingerprint density at radius 2 is 1.84 bits per heavy atom. The van der Waals surface area contributed by atoms with E-state index in [1.54, 1.807) is 13.0 Å². The molecule has 0 fully saturated rings. The highest BCUT2D eigenvalue weighted by Gasteiger charge is 2.59. The summed E-state index contributed by atoms with van der Waals surface area (Å²) in [6.45, 7) is 1.92. The van der Waals surface area contributed by atoms with Gasteiger partial charge in [-0.15, -0.1) is 0 Å². The molecule has 1 heterocycles. The molecule has 2 unspecified atom stereocenters. The summed E-state index contributed by atoms with van der Waals surface area (Å²) in [4.78, 5) is 17.4. The van der Waals surface area contributed by atoms with Gasteiger partial charge in [-0.1, -0.05) is 29.3 Å². The van der Waals surface area contributed by atoms with Gasteiger partial charge in [-0.25, -0.2) is 0 Å². The van der Waals surface area contributed by atoms with Crippen LogP contribution in [0.5, 0.6) is 0 Å². The van der Waals surface area contributed by atoms with E-state index in [-0.39, 0.29) is 33.8 Å². The first-order valence-electron chi connectivity index (χ1n) is 9.32. The topological polar surface area (TPSA) is 67.4 Å². The van der Waals surface area contributed by atoms with Crippen molar-refractivity contribution in [1.82, 2.24) is 10.8 Å². The maximum Gasteiger partial charge on any atom is 0.428 e. The minimum atomic E-state index is -4.82. The Morgan fingerprint density at radius 1 is 1.19 bits per heavy atom. The Hall–Kier alpha value is -2.07. The number of hydrogen-bond donors (Lipinski definition) is 2. The number of amides is 1. The molecule has 0 saturated heterocycles. The normalized spacial score (nSPS) is 19.3. The molecule has 0 bridgehead atoms. The lowest BCUT2D eigenvalue weighted by Crippen LogP contribution is -2.42. The van der Waals surface area contributed by atoms with Gasteiger partial charge < -0.3 is 5.32 Å². The van der Waals surface area contributed by atoms with Gasteiger partial charge in [0.05, 0.1) is 5.70 Å². The zero-order valence-electron chi connectivity index (χ0n) is 17.0. The summed E-state index contributed by atoms with van der Waals surface area (Å²) in [7, 11) is -1.04. The van der Waals surface area contributed by atoms with E-state index in [1.165, 1.54) is 24.5 Å². The van der Waals surface area contributed by atoms with Crippen LogP contribution >= 0.6 is 23.2 Å². The van der Waals surface area contributed by atoms with Crippen molar-refractivity contribution in [3.63, 3.8) is 0 Å². The molecule has 32 heavy (non-hydrogen) atoms. The molecule has 0 aliphatic carbocycles. The third kappa shape index (κ3) is 5.11. The van der Waals surface area contributed by atoms with E-state index in [4.69, 9.17) is 28.0 Å². The van der Waals surface area contributed by atoms with E-state index < -0.39 is 22.6 Å². The van der Waals surface area contributed by atoms with Crippen molar-refractivity contribution >= 4 is 45.6 Å². The molecule has 2 aromatic carbocycles. The van der Waals surface area contributed by atoms with Crippen molar-refractivity contribution in [2.45, 2.75) is 18.7 Å². The first-order chi connectivity index (χ1) is 14.9. The molecule has 0 spiro atoms. The van der Waals surface area contributed by atoms with Crippen LogP contribution in [0.15, 0.2) is 42.5 Å². The number of nitrogens with one attached hydrogen (secondary N) is 2. The van der Waals surface area contributed by atoms with E-state index in [9.17, 15) is 22.2 Å². The molecule has 2 atom stereocenters.